The third-order valence-electron chi connectivity index (χ3n) is 10.3. The summed E-state index contributed by atoms with van der Waals surface area (Å²) >= 11 is 0. The zero-order valence-electron chi connectivity index (χ0n) is 30.9. The normalized spacial score (nSPS) is 11.6. The van der Waals surface area contributed by atoms with Crippen LogP contribution in [0.15, 0.2) is 24.5 Å². The van der Waals surface area contributed by atoms with Crippen LogP contribution in [-0.4, -0.2) is 0 Å². The van der Waals surface area contributed by atoms with E-state index in [1.807, 2.05) is 0 Å². The van der Waals surface area contributed by atoms with E-state index in [-0.39, 0.29) is 0 Å². The quantitative estimate of drug-likeness (QED) is 0.0530. The number of aromatic nitrogens is 1. The minimum absolute atomic E-state index is 0.773. The molecule has 258 valence electrons. The first-order valence-electron chi connectivity index (χ1n) is 20.7. The molecule has 44 heavy (non-hydrogen) atoms. The van der Waals surface area contributed by atoms with Gasteiger partial charge in [-0.1, -0.05) is 219 Å². The van der Waals surface area contributed by atoms with Gasteiger partial charge in [-0.15, -0.1) is 0 Å². The molecule has 0 saturated heterocycles. The Bertz CT molecular complexity index is 628. The average molecular weight is 613 g/mol. The van der Waals surface area contributed by atoms with Crippen LogP contribution in [0, 0.1) is 0 Å². The van der Waals surface area contributed by atoms with E-state index in [0.717, 1.165) is 5.92 Å². The first-order chi connectivity index (χ1) is 21.8. The summed E-state index contributed by atoms with van der Waals surface area (Å²) in [5.74, 6) is 0.773. The molecule has 0 radical (unpaired) electrons. The molecular weight excluding hydrogens is 530 g/mol. The van der Waals surface area contributed by atoms with Crippen molar-refractivity contribution in [3.63, 3.8) is 0 Å². The molecule has 1 rings (SSSR count). The number of hydrogen-bond acceptors (Lipinski definition) is 0. The van der Waals surface area contributed by atoms with Gasteiger partial charge in [-0.25, -0.2) is 4.57 Å². The van der Waals surface area contributed by atoms with Crippen molar-refractivity contribution in [2.24, 2.45) is 7.05 Å². The largest absolute Gasteiger partial charge is 0.208 e. The van der Waals surface area contributed by atoms with Gasteiger partial charge in [0.1, 0.15) is 7.05 Å². The summed E-state index contributed by atoms with van der Waals surface area (Å²) in [6.45, 7) is 4.62. The molecule has 1 nitrogen and oxygen atoms in total. The van der Waals surface area contributed by atoms with Crippen LogP contribution in [0.3, 0.4) is 0 Å². The lowest BCUT2D eigenvalue weighted by molar-refractivity contribution is -0.671. The maximum Gasteiger partial charge on any atom is 0.168 e. The van der Waals surface area contributed by atoms with Gasteiger partial charge in [-0.05, 0) is 24.3 Å². The number of nitrogens with zero attached hydrogens (tertiary/aromatic N) is 1. The fraction of sp³-hybridized carbons (Fsp3) is 0.884. The van der Waals surface area contributed by atoms with E-state index in [1.165, 1.54) is 218 Å². The lowest BCUT2D eigenvalue weighted by Gasteiger charge is -2.17. The van der Waals surface area contributed by atoms with Crippen molar-refractivity contribution in [3.05, 3.63) is 30.1 Å². The molecule has 0 spiro atoms. The zero-order chi connectivity index (χ0) is 31.6. The van der Waals surface area contributed by atoms with Crippen LogP contribution in [-0.2, 0) is 7.05 Å². The Morgan fingerprint density at radius 1 is 0.364 bits per heavy atom. The second-order valence-corrected chi connectivity index (χ2v) is 14.7. The molecule has 0 amide bonds. The molecule has 0 atom stereocenters. The topological polar surface area (TPSA) is 3.88 Å². The molecule has 1 aromatic rings. The van der Waals surface area contributed by atoms with E-state index < -0.39 is 0 Å². The van der Waals surface area contributed by atoms with Crippen LogP contribution in [0.25, 0.3) is 0 Å². The highest BCUT2D eigenvalue weighted by molar-refractivity contribution is 5.13. The first kappa shape index (κ1) is 41.2. The predicted octanol–water partition coefficient (Wildman–Crippen LogP) is 14.9. The van der Waals surface area contributed by atoms with Gasteiger partial charge in [0, 0.05) is 12.1 Å². The van der Waals surface area contributed by atoms with Crippen LogP contribution in [0.1, 0.15) is 244 Å². The molecule has 0 aromatic carbocycles. The molecule has 0 N–H and O–H groups in total. The summed E-state index contributed by atoms with van der Waals surface area (Å²) in [5, 5.41) is 0. The highest BCUT2D eigenvalue weighted by atomic mass is 14.9. The number of rotatable bonds is 35. The second-order valence-electron chi connectivity index (χ2n) is 14.7. The SMILES string of the molecule is CCCCCCCCCCCCCCCCCCC(CCCCCCCCCCCCCCCCCC)c1cc[n+](C)cc1. The van der Waals surface area contributed by atoms with E-state index in [9.17, 15) is 0 Å². The minimum atomic E-state index is 0.773. The zero-order valence-corrected chi connectivity index (χ0v) is 30.9. The smallest absolute Gasteiger partial charge is 0.168 e. The van der Waals surface area contributed by atoms with Crippen molar-refractivity contribution in [2.45, 2.75) is 238 Å². The maximum atomic E-state index is 2.39. The monoisotopic (exact) mass is 613 g/mol. The van der Waals surface area contributed by atoms with Crippen LogP contribution in [0.2, 0.25) is 0 Å². The van der Waals surface area contributed by atoms with Gasteiger partial charge in [0.2, 0.25) is 0 Å². The molecule has 0 aliphatic rings. The number of unbranched alkanes of at least 4 members (excludes halogenated alkanes) is 30. The third-order valence-corrected chi connectivity index (χ3v) is 10.3. The van der Waals surface area contributed by atoms with Gasteiger partial charge in [-0.2, -0.15) is 0 Å². The Morgan fingerprint density at radius 3 is 0.841 bits per heavy atom. The molecular formula is C43H82N+. The third kappa shape index (κ3) is 27.5. The van der Waals surface area contributed by atoms with Crippen molar-refractivity contribution >= 4 is 0 Å². The van der Waals surface area contributed by atoms with E-state index in [1.54, 1.807) is 5.56 Å². The van der Waals surface area contributed by atoms with Gasteiger partial charge in [0.05, 0.1) is 0 Å². The molecule has 0 aliphatic carbocycles. The molecule has 1 heterocycles. The highest BCUT2D eigenvalue weighted by Crippen LogP contribution is 2.28. The van der Waals surface area contributed by atoms with Gasteiger partial charge in [-0.3, -0.25) is 0 Å². The lowest BCUT2D eigenvalue weighted by atomic mass is 9.88. The van der Waals surface area contributed by atoms with Crippen LogP contribution >= 0.6 is 0 Å². The predicted molar refractivity (Wildman–Crippen MR) is 199 cm³/mol. The summed E-state index contributed by atoms with van der Waals surface area (Å²) in [7, 11) is 2.14. The van der Waals surface area contributed by atoms with Crippen molar-refractivity contribution in [1.82, 2.24) is 0 Å². The molecule has 0 unspecified atom stereocenters. The Morgan fingerprint density at radius 2 is 0.591 bits per heavy atom. The van der Waals surface area contributed by atoms with Crippen LogP contribution < -0.4 is 4.57 Å². The van der Waals surface area contributed by atoms with Crippen molar-refractivity contribution in [1.29, 1.82) is 0 Å². The Balaban J connectivity index is 2.01. The first-order valence-corrected chi connectivity index (χ1v) is 20.7. The van der Waals surface area contributed by atoms with Gasteiger partial charge in [0.15, 0.2) is 12.4 Å². The lowest BCUT2D eigenvalue weighted by Crippen LogP contribution is -2.26. The standard InChI is InChI=1S/C43H82N/c1-4-6-8-10-12-14-16-18-20-22-24-26-28-30-32-34-36-42(43-38-40-44(3)41-39-43)37-35-33-31-29-27-25-23-21-19-17-15-13-11-9-7-5-2/h38-42H,4-37H2,1-3H3/q+1. The van der Waals surface area contributed by atoms with Gasteiger partial charge in [0.25, 0.3) is 0 Å². The summed E-state index contributed by atoms with van der Waals surface area (Å²) in [6, 6.07) is 4.78. The van der Waals surface area contributed by atoms with E-state index in [4.69, 9.17) is 0 Å². The summed E-state index contributed by atoms with van der Waals surface area (Å²) in [5.41, 5.74) is 1.59. The Labute approximate surface area is 279 Å². The van der Waals surface area contributed by atoms with Crippen molar-refractivity contribution in [3.8, 4) is 0 Å². The van der Waals surface area contributed by atoms with Crippen molar-refractivity contribution < 1.29 is 4.57 Å². The number of pyridine rings is 1. The molecule has 0 fully saturated rings. The minimum Gasteiger partial charge on any atom is -0.208 e. The van der Waals surface area contributed by atoms with Crippen LogP contribution in [0.4, 0.5) is 0 Å². The highest BCUT2D eigenvalue weighted by Gasteiger charge is 2.12. The fourth-order valence-electron chi connectivity index (χ4n) is 7.14. The fourth-order valence-corrected chi connectivity index (χ4v) is 7.14. The number of hydrogen-bond donors (Lipinski definition) is 0. The van der Waals surface area contributed by atoms with E-state index in [0.29, 0.717) is 0 Å². The average Bonchev–Trinajstić information content (AvgIpc) is 3.03. The molecule has 1 aromatic heterocycles. The molecule has 0 saturated carbocycles. The van der Waals surface area contributed by atoms with Gasteiger partial charge < -0.3 is 0 Å². The maximum absolute atomic E-state index is 2.39. The van der Waals surface area contributed by atoms with Crippen LogP contribution in [0.5, 0.6) is 0 Å². The van der Waals surface area contributed by atoms with Crippen molar-refractivity contribution in [2.75, 3.05) is 0 Å². The number of aryl methyl sites for hydroxylation is 1. The molecule has 0 bridgehead atoms. The summed E-state index contributed by atoms with van der Waals surface area (Å²) in [6.07, 6.45) is 53.9. The van der Waals surface area contributed by atoms with Gasteiger partial charge >= 0.3 is 0 Å². The molecule has 1 heteroatoms. The Hall–Kier alpha value is -0.850. The van der Waals surface area contributed by atoms with E-state index in [2.05, 4.69) is 50.0 Å². The second kappa shape index (κ2) is 33.5. The summed E-state index contributed by atoms with van der Waals surface area (Å²) in [4.78, 5) is 0. The van der Waals surface area contributed by atoms with E-state index >= 15 is 0 Å². The Kier molecular flexibility index (Phi) is 31.4. The summed E-state index contributed by atoms with van der Waals surface area (Å²) < 4.78 is 2.18. The molecule has 0 aliphatic heterocycles.